The van der Waals surface area contributed by atoms with Crippen molar-refractivity contribution in [1.29, 1.82) is 0 Å². The summed E-state index contributed by atoms with van der Waals surface area (Å²) in [6, 6.07) is 8.76. The fourth-order valence-corrected chi connectivity index (χ4v) is 2.89. The Balaban J connectivity index is 2.54. The van der Waals surface area contributed by atoms with E-state index in [1.54, 1.807) is 31.2 Å². The van der Waals surface area contributed by atoms with E-state index in [0.717, 1.165) is 0 Å². The summed E-state index contributed by atoms with van der Waals surface area (Å²) in [7, 11) is 0. The number of benzene rings is 1. The summed E-state index contributed by atoms with van der Waals surface area (Å²) in [6.45, 7) is 2.06. The standard InChI is InChI=1S/C11H17ClNO3P/c1-9(2)15-10(3)13-17(12,14)16-11-7-5-4-6-8-11/h4-10H,1-3H3,(H,13,14). The summed E-state index contributed by atoms with van der Waals surface area (Å²) in [5.74, 6) is 0.454. The van der Waals surface area contributed by atoms with E-state index in [0.29, 0.717) is 5.75 Å². The van der Waals surface area contributed by atoms with Crippen molar-refractivity contribution in [2.75, 3.05) is 0 Å². The zero-order valence-corrected chi connectivity index (χ0v) is 11.7. The number of ether oxygens (including phenoxy) is 1. The van der Waals surface area contributed by atoms with Gasteiger partial charge in [-0.15, -0.1) is 0 Å². The molecule has 2 unspecified atom stereocenters. The van der Waals surface area contributed by atoms with Crippen molar-refractivity contribution in [3.05, 3.63) is 30.3 Å². The maximum absolute atomic E-state index is 11.9. The molecule has 0 heterocycles. The highest BCUT2D eigenvalue weighted by molar-refractivity contribution is 7.84. The van der Waals surface area contributed by atoms with E-state index < -0.39 is 13.1 Å². The van der Waals surface area contributed by atoms with Gasteiger partial charge in [0.25, 0.3) is 0 Å². The van der Waals surface area contributed by atoms with Crippen LogP contribution in [0, 0.1) is 0 Å². The summed E-state index contributed by atoms with van der Waals surface area (Å²) in [4.78, 5) is 0. The first kappa shape index (κ1) is 14.5. The molecule has 0 saturated carbocycles. The average Bonchev–Trinajstić information content (AvgIpc) is 2.15. The Labute approximate surface area is 107 Å². The van der Waals surface area contributed by atoms with Crippen molar-refractivity contribution in [3.63, 3.8) is 0 Å². The van der Waals surface area contributed by atoms with Crippen molar-refractivity contribution in [2.24, 2.45) is 0 Å². The monoisotopic (exact) mass is 277 g/mol. The van der Waals surface area contributed by atoms with Crippen LogP contribution in [-0.2, 0) is 9.30 Å². The Morgan fingerprint density at radius 1 is 1.24 bits per heavy atom. The normalized spacial score (nSPS) is 16.5. The SMILES string of the molecule is CC(C)OC(C)NP(=O)(Cl)Oc1ccccc1. The zero-order chi connectivity index (χ0) is 12.9. The van der Waals surface area contributed by atoms with E-state index >= 15 is 0 Å². The van der Waals surface area contributed by atoms with Crippen molar-refractivity contribution in [2.45, 2.75) is 33.1 Å². The minimum Gasteiger partial charge on any atom is -0.422 e. The van der Waals surface area contributed by atoms with Gasteiger partial charge < -0.3 is 9.26 Å². The molecule has 0 aliphatic carbocycles. The number of hydrogen-bond acceptors (Lipinski definition) is 3. The Hall–Kier alpha value is -0.540. The molecule has 0 aromatic heterocycles. The highest BCUT2D eigenvalue weighted by Crippen LogP contribution is 2.48. The number of halogens is 1. The first-order valence-electron chi connectivity index (χ1n) is 5.36. The van der Waals surface area contributed by atoms with Crippen LogP contribution in [0.25, 0.3) is 0 Å². The molecule has 0 saturated heterocycles. The molecule has 0 amide bonds. The topological polar surface area (TPSA) is 47.6 Å². The lowest BCUT2D eigenvalue weighted by molar-refractivity contribution is 0.0118. The van der Waals surface area contributed by atoms with Crippen LogP contribution in [0.2, 0.25) is 0 Å². The second-order valence-electron chi connectivity index (χ2n) is 3.84. The Morgan fingerprint density at radius 3 is 2.35 bits per heavy atom. The summed E-state index contributed by atoms with van der Waals surface area (Å²) in [5.41, 5.74) is 0. The second-order valence-corrected chi connectivity index (χ2v) is 6.58. The lowest BCUT2D eigenvalue weighted by Crippen LogP contribution is -2.28. The molecule has 0 aliphatic rings. The molecule has 0 spiro atoms. The molecule has 0 fully saturated rings. The fourth-order valence-electron chi connectivity index (χ4n) is 1.30. The van der Waals surface area contributed by atoms with Crippen molar-refractivity contribution < 1.29 is 13.8 Å². The van der Waals surface area contributed by atoms with Crippen LogP contribution in [0.1, 0.15) is 20.8 Å². The van der Waals surface area contributed by atoms with Gasteiger partial charge in [-0.1, -0.05) is 18.2 Å². The van der Waals surface area contributed by atoms with Gasteiger partial charge in [0.1, 0.15) is 12.0 Å². The maximum Gasteiger partial charge on any atom is 0.411 e. The van der Waals surface area contributed by atoms with Gasteiger partial charge in [-0.3, -0.25) is 0 Å². The van der Waals surface area contributed by atoms with Gasteiger partial charge in [-0.2, -0.15) is 5.09 Å². The molecule has 4 nitrogen and oxygen atoms in total. The van der Waals surface area contributed by atoms with E-state index in [2.05, 4.69) is 5.09 Å². The van der Waals surface area contributed by atoms with Crippen molar-refractivity contribution >= 4 is 18.1 Å². The van der Waals surface area contributed by atoms with Gasteiger partial charge >= 0.3 is 6.87 Å². The molecular weight excluding hydrogens is 261 g/mol. The maximum atomic E-state index is 11.9. The molecule has 1 aromatic carbocycles. The van der Waals surface area contributed by atoms with Gasteiger partial charge in [-0.25, -0.2) is 4.57 Å². The smallest absolute Gasteiger partial charge is 0.411 e. The molecule has 2 atom stereocenters. The van der Waals surface area contributed by atoms with Crippen LogP contribution in [0.4, 0.5) is 0 Å². The summed E-state index contributed by atoms with van der Waals surface area (Å²) < 4.78 is 22.5. The first-order chi connectivity index (χ1) is 7.89. The van der Waals surface area contributed by atoms with Gasteiger partial charge in [-0.05, 0) is 32.9 Å². The Morgan fingerprint density at radius 2 is 1.82 bits per heavy atom. The lowest BCUT2D eigenvalue weighted by atomic mass is 10.3. The predicted molar refractivity (Wildman–Crippen MR) is 69.3 cm³/mol. The largest absolute Gasteiger partial charge is 0.422 e. The number of rotatable bonds is 6. The highest BCUT2D eigenvalue weighted by atomic mass is 35.7. The van der Waals surface area contributed by atoms with Crippen LogP contribution in [0.3, 0.4) is 0 Å². The molecular formula is C11H17ClNO3P. The van der Waals surface area contributed by atoms with Crippen LogP contribution in [0.15, 0.2) is 30.3 Å². The van der Waals surface area contributed by atoms with Crippen LogP contribution < -0.4 is 9.61 Å². The Bertz CT molecular complexity index is 386. The lowest BCUT2D eigenvalue weighted by Gasteiger charge is -2.21. The number of para-hydroxylation sites is 1. The van der Waals surface area contributed by atoms with E-state index in [4.69, 9.17) is 20.5 Å². The average molecular weight is 278 g/mol. The number of hydrogen-bond donors (Lipinski definition) is 1. The quantitative estimate of drug-likeness (QED) is 0.635. The summed E-state index contributed by atoms with van der Waals surface area (Å²) in [5, 5.41) is 2.61. The molecule has 1 rings (SSSR count). The molecule has 0 radical (unpaired) electrons. The molecule has 0 aliphatic heterocycles. The predicted octanol–water partition coefficient (Wildman–Crippen LogP) is 3.77. The van der Waals surface area contributed by atoms with E-state index in [1.807, 2.05) is 19.9 Å². The van der Waals surface area contributed by atoms with Crippen molar-refractivity contribution in [1.82, 2.24) is 5.09 Å². The third kappa shape index (κ3) is 6.08. The minimum absolute atomic E-state index is 0.0193. The van der Waals surface area contributed by atoms with Gasteiger partial charge in [0.2, 0.25) is 0 Å². The molecule has 0 bridgehead atoms. The van der Waals surface area contributed by atoms with Gasteiger partial charge in [0.05, 0.1) is 6.10 Å². The third-order valence-corrected chi connectivity index (χ3v) is 3.40. The van der Waals surface area contributed by atoms with Crippen molar-refractivity contribution in [3.8, 4) is 5.75 Å². The molecule has 96 valence electrons. The summed E-state index contributed by atoms with van der Waals surface area (Å²) in [6.07, 6.45) is -0.423. The molecule has 1 aromatic rings. The fraction of sp³-hybridized carbons (Fsp3) is 0.455. The highest BCUT2D eigenvalue weighted by Gasteiger charge is 2.24. The molecule has 6 heteroatoms. The van der Waals surface area contributed by atoms with Crippen LogP contribution in [0.5, 0.6) is 5.75 Å². The van der Waals surface area contributed by atoms with E-state index in [-0.39, 0.29) is 6.10 Å². The second kappa shape index (κ2) is 6.41. The van der Waals surface area contributed by atoms with E-state index in [1.165, 1.54) is 0 Å². The zero-order valence-electron chi connectivity index (χ0n) is 10.1. The number of nitrogens with one attached hydrogen (secondary N) is 1. The first-order valence-corrected chi connectivity index (χ1v) is 7.89. The minimum atomic E-state index is -3.43. The van der Waals surface area contributed by atoms with Gasteiger partial charge in [0.15, 0.2) is 0 Å². The van der Waals surface area contributed by atoms with Gasteiger partial charge in [0, 0.05) is 11.2 Å². The van der Waals surface area contributed by atoms with E-state index in [9.17, 15) is 4.57 Å². The summed E-state index contributed by atoms with van der Waals surface area (Å²) >= 11 is 5.79. The third-order valence-electron chi connectivity index (χ3n) is 1.78. The molecule has 1 N–H and O–H groups in total. The van der Waals surface area contributed by atoms with Crippen LogP contribution in [-0.4, -0.2) is 12.3 Å². The Kier molecular flexibility index (Phi) is 5.47. The molecule has 17 heavy (non-hydrogen) atoms. The van der Waals surface area contributed by atoms with Crippen LogP contribution >= 0.6 is 18.1 Å².